The Morgan fingerprint density at radius 2 is 1.88 bits per heavy atom. The first-order chi connectivity index (χ1) is 8.02. The maximum absolute atomic E-state index is 12.8. The van der Waals surface area contributed by atoms with Crippen LogP contribution in [0.3, 0.4) is 0 Å². The fourth-order valence-electron chi connectivity index (χ4n) is 1.83. The van der Waals surface area contributed by atoms with Crippen molar-refractivity contribution < 1.29 is 13.2 Å². The Hall–Kier alpha value is -1.71. The third-order valence-electron chi connectivity index (χ3n) is 2.73. The van der Waals surface area contributed by atoms with E-state index in [9.17, 15) is 13.2 Å². The van der Waals surface area contributed by atoms with Gasteiger partial charge in [0.05, 0.1) is 5.56 Å². The summed E-state index contributed by atoms with van der Waals surface area (Å²) in [4.78, 5) is 2.83. The van der Waals surface area contributed by atoms with Gasteiger partial charge in [0.25, 0.3) is 0 Å². The highest BCUT2D eigenvalue weighted by atomic mass is 19.4. The van der Waals surface area contributed by atoms with Crippen LogP contribution in [0.2, 0.25) is 0 Å². The van der Waals surface area contributed by atoms with Crippen molar-refractivity contribution in [2.45, 2.75) is 19.5 Å². The van der Waals surface area contributed by atoms with Crippen molar-refractivity contribution in [2.24, 2.45) is 0 Å². The minimum absolute atomic E-state index is 0.330. The van der Waals surface area contributed by atoms with E-state index in [0.29, 0.717) is 17.5 Å². The van der Waals surface area contributed by atoms with Crippen molar-refractivity contribution in [1.29, 1.82) is 0 Å². The molecule has 17 heavy (non-hydrogen) atoms. The van der Waals surface area contributed by atoms with Gasteiger partial charge in [-0.25, -0.2) is 0 Å². The maximum atomic E-state index is 12.8. The highest BCUT2D eigenvalue weighted by Gasteiger charge is 2.33. The second kappa shape index (κ2) is 4.28. The Kier molecular flexibility index (Phi) is 2.96. The predicted octanol–water partition coefficient (Wildman–Crippen LogP) is 4.26. The van der Waals surface area contributed by atoms with Gasteiger partial charge in [0, 0.05) is 12.4 Å². The number of alkyl halides is 3. The summed E-state index contributed by atoms with van der Waals surface area (Å²) in [5, 5.41) is 0. The summed E-state index contributed by atoms with van der Waals surface area (Å²) in [6.45, 7) is 1.72. The Bertz CT molecular complexity index is 498. The van der Waals surface area contributed by atoms with Crippen molar-refractivity contribution in [2.75, 3.05) is 0 Å². The van der Waals surface area contributed by atoms with E-state index in [0.717, 1.165) is 5.56 Å². The van der Waals surface area contributed by atoms with E-state index < -0.39 is 11.7 Å². The molecule has 0 saturated carbocycles. The van der Waals surface area contributed by atoms with Gasteiger partial charge in [-0.3, -0.25) is 0 Å². The Balaban J connectivity index is 2.53. The van der Waals surface area contributed by atoms with Crippen LogP contribution in [0.25, 0.3) is 11.1 Å². The first kappa shape index (κ1) is 11.8. The number of aromatic nitrogens is 1. The quantitative estimate of drug-likeness (QED) is 0.805. The number of aryl methyl sites for hydroxylation is 1. The average Bonchev–Trinajstić information content (AvgIpc) is 2.80. The molecule has 0 radical (unpaired) electrons. The van der Waals surface area contributed by atoms with Gasteiger partial charge in [0.1, 0.15) is 0 Å². The van der Waals surface area contributed by atoms with Crippen molar-refractivity contribution in [3.05, 3.63) is 47.8 Å². The van der Waals surface area contributed by atoms with Crippen molar-refractivity contribution in [3.8, 4) is 11.1 Å². The molecule has 2 rings (SSSR count). The van der Waals surface area contributed by atoms with Crippen LogP contribution in [0.15, 0.2) is 36.7 Å². The van der Waals surface area contributed by atoms with E-state index in [1.165, 1.54) is 6.07 Å². The minimum atomic E-state index is -4.29. The summed E-state index contributed by atoms with van der Waals surface area (Å²) in [6, 6.07) is 6.23. The molecule has 0 bridgehead atoms. The number of rotatable bonds is 2. The molecule has 0 saturated heterocycles. The first-order valence-electron chi connectivity index (χ1n) is 5.35. The Morgan fingerprint density at radius 1 is 1.12 bits per heavy atom. The summed E-state index contributed by atoms with van der Waals surface area (Å²) in [6.07, 6.45) is -0.544. The second-order valence-corrected chi connectivity index (χ2v) is 3.82. The van der Waals surface area contributed by atoms with Crippen molar-refractivity contribution in [1.82, 2.24) is 4.98 Å². The van der Waals surface area contributed by atoms with Gasteiger partial charge in [0.15, 0.2) is 0 Å². The van der Waals surface area contributed by atoms with Crippen LogP contribution >= 0.6 is 0 Å². The molecule has 1 aromatic carbocycles. The fourth-order valence-corrected chi connectivity index (χ4v) is 1.83. The lowest BCUT2D eigenvalue weighted by Crippen LogP contribution is -2.08. The molecule has 1 nitrogen and oxygen atoms in total. The lowest BCUT2D eigenvalue weighted by atomic mass is 9.99. The number of H-pyrrole nitrogens is 1. The topological polar surface area (TPSA) is 15.8 Å². The number of nitrogens with one attached hydrogen (secondary N) is 1. The van der Waals surface area contributed by atoms with E-state index in [2.05, 4.69) is 4.98 Å². The summed E-state index contributed by atoms with van der Waals surface area (Å²) in [5.41, 5.74) is 1.13. The maximum Gasteiger partial charge on any atom is 0.416 e. The normalized spacial score (nSPS) is 11.8. The molecule has 1 heterocycles. The van der Waals surface area contributed by atoms with Crippen LogP contribution in [0.5, 0.6) is 0 Å². The Labute approximate surface area is 97.3 Å². The van der Waals surface area contributed by atoms with Gasteiger partial charge in [-0.1, -0.05) is 19.1 Å². The monoisotopic (exact) mass is 239 g/mol. The SMILES string of the molecule is CCc1ccc(-c2cc[nH]c2)cc1C(F)(F)F. The molecule has 90 valence electrons. The van der Waals surface area contributed by atoms with E-state index in [-0.39, 0.29) is 0 Å². The van der Waals surface area contributed by atoms with Crippen LogP contribution in [0.1, 0.15) is 18.1 Å². The van der Waals surface area contributed by atoms with Crippen LogP contribution in [-0.2, 0) is 12.6 Å². The lowest BCUT2D eigenvalue weighted by molar-refractivity contribution is -0.138. The average molecular weight is 239 g/mol. The molecule has 0 amide bonds. The zero-order valence-electron chi connectivity index (χ0n) is 9.31. The van der Waals surface area contributed by atoms with Gasteiger partial charge in [-0.05, 0) is 35.2 Å². The zero-order chi connectivity index (χ0) is 12.5. The molecule has 0 atom stereocenters. The molecule has 4 heteroatoms. The predicted molar refractivity (Wildman–Crippen MR) is 60.6 cm³/mol. The number of benzene rings is 1. The second-order valence-electron chi connectivity index (χ2n) is 3.82. The third kappa shape index (κ3) is 2.35. The standard InChI is InChI=1S/C13H12F3N/c1-2-9-3-4-10(11-5-6-17-8-11)7-12(9)13(14,15)16/h3-8,17H,2H2,1H3. The number of halogens is 3. The molecule has 0 unspecified atom stereocenters. The largest absolute Gasteiger partial charge is 0.416 e. The molecule has 0 aliphatic carbocycles. The summed E-state index contributed by atoms with van der Waals surface area (Å²) < 4.78 is 38.5. The molecule has 1 N–H and O–H groups in total. The van der Waals surface area contributed by atoms with E-state index in [1.54, 1.807) is 37.5 Å². The van der Waals surface area contributed by atoms with Gasteiger partial charge in [0.2, 0.25) is 0 Å². The summed E-state index contributed by atoms with van der Waals surface area (Å²) in [5.74, 6) is 0. The number of hydrogen-bond acceptors (Lipinski definition) is 0. The van der Waals surface area contributed by atoms with Crippen LogP contribution < -0.4 is 0 Å². The molecule has 0 spiro atoms. The van der Waals surface area contributed by atoms with Gasteiger partial charge >= 0.3 is 6.18 Å². The molecule has 0 aliphatic heterocycles. The Morgan fingerprint density at radius 3 is 2.41 bits per heavy atom. The molecule has 2 aromatic rings. The van der Waals surface area contributed by atoms with Crippen molar-refractivity contribution in [3.63, 3.8) is 0 Å². The van der Waals surface area contributed by atoms with Crippen LogP contribution in [0, 0.1) is 0 Å². The molecule has 0 fully saturated rings. The fraction of sp³-hybridized carbons (Fsp3) is 0.231. The highest BCUT2D eigenvalue weighted by molar-refractivity contribution is 5.64. The minimum Gasteiger partial charge on any atom is -0.367 e. The molecular formula is C13H12F3N. The lowest BCUT2D eigenvalue weighted by Gasteiger charge is -2.13. The van der Waals surface area contributed by atoms with Gasteiger partial charge < -0.3 is 4.98 Å². The third-order valence-corrected chi connectivity index (χ3v) is 2.73. The van der Waals surface area contributed by atoms with Crippen LogP contribution in [0.4, 0.5) is 13.2 Å². The van der Waals surface area contributed by atoms with E-state index in [1.807, 2.05) is 0 Å². The van der Waals surface area contributed by atoms with E-state index in [4.69, 9.17) is 0 Å². The first-order valence-corrected chi connectivity index (χ1v) is 5.35. The van der Waals surface area contributed by atoms with E-state index >= 15 is 0 Å². The van der Waals surface area contributed by atoms with Crippen molar-refractivity contribution >= 4 is 0 Å². The molecular weight excluding hydrogens is 227 g/mol. The van der Waals surface area contributed by atoms with Gasteiger partial charge in [-0.15, -0.1) is 0 Å². The zero-order valence-corrected chi connectivity index (χ0v) is 9.31. The van der Waals surface area contributed by atoms with Crippen LogP contribution in [-0.4, -0.2) is 4.98 Å². The number of aromatic amines is 1. The molecule has 0 aliphatic rings. The summed E-state index contributed by atoms with van der Waals surface area (Å²) >= 11 is 0. The highest BCUT2D eigenvalue weighted by Crippen LogP contribution is 2.35. The molecule has 1 aromatic heterocycles. The summed E-state index contributed by atoms with van der Waals surface area (Å²) in [7, 11) is 0. The smallest absolute Gasteiger partial charge is 0.367 e. The number of hydrogen-bond donors (Lipinski definition) is 1. The van der Waals surface area contributed by atoms with Gasteiger partial charge in [-0.2, -0.15) is 13.2 Å².